The van der Waals surface area contributed by atoms with Gasteiger partial charge >= 0.3 is 0 Å². The second kappa shape index (κ2) is 14.3. The number of nitrogens with zero attached hydrogens (tertiary/aromatic N) is 1. The van der Waals surface area contributed by atoms with Crippen molar-refractivity contribution in [1.82, 2.24) is 4.90 Å². The highest BCUT2D eigenvalue weighted by Gasteiger charge is 2.19. The lowest BCUT2D eigenvalue weighted by Gasteiger charge is -2.32. The standard InChI is InChI=1S/C20H33N.C2H6.CH4O/c1-5-7-8-9-18(6-2)14-21-11-10-19-12-16(3)17(4)13-20(19)15-21;2*1-2/h12-13,18H,5-11,14-15H2,1-4H3;1-2H3;2H,1H3. The normalized spacial score (nSPS) is 14.6. The van der Waals surface area contributed by atoms with E-state index in [-0.39, 0.29) is 0 Å². The largest absolute Gasteiger partial charge is 0.400 e. The summed E-state index contributed by atoms with van der Waals surface area (Å²) in [7, 11) is 1.00. The van der Waals surface area contributed by atoms with E-state index < -0.39 is 0 Å². The molecule has 0 bridgehead atoms. The summed E-state index contributed by atoms with van der Waals surface area (Å²) in [5.74, 6) is 0.893. The number of benzene rings is 1. The summed E-state index contributed by atoms with van der Waals surface area (Å²) in [5, 5.41) is 7.00. The van der Waals surface area contributed by atoms with Gasteiger partial charge in [0.05, 0.1) is 0 Å². The first-order chi connectivity index (χ1) is 12.1. The van der Waals surface area contributed by atoms with Gasteiger partial charge in [0, 0.05) is 26.7 Å². The van der Waals surface area contributed by atoms with Gasteiger partial charge in [0.15, 0.2) is 0 Å². The first kappa shape index (κ1) is 24.1. The molecule has 0 radical (unpaired) electrons. The fourth-order valence-corrected chi connectivity index (χ4v) is 3.54. The average molecular weight is 350 g/mol. The van der Waals surface area contributed by atoms with Crippen LogP contribution < -0.4 is 0 Å². The SMILES string of the molecule is CC.CCCCCC(CC)CN1CCc2cc(C)c(C)cc2C1.CO. The van der Waals surface area contributed by atoms with Crippen molar-refractivity contribution in [1.29, 1.82) is 0 Å². The van der Waals surface area contributed by atoms with Crippen LogP contribution in [0, 0.1) is 19.8 Å². The summed E-state index contributed by atoms with van der Waals surface area (Å²) in [5.41, 5.74) is 6.07. The molecule has 0 spiro atoms. The molecule has 0 saturated heterocycles. The van der Waals surface area contributed by atoms with E-state index in [4.69, 9.17) is 5.11 Å². The molecule has 1 N–H and O–H groups in total. The molecule has 146 valence electrons. The van der Waals surface area contributed by atoms with E-state index in [0.29, 0.717) is 0 Å². The smallest absolute Gasteiger partial charge is 0.0319 e. The summed E-state index contributed by atoms with van der Waals surface area (Å²) in [6.45, 7) is 16.9. The third-order valence-electron chi connectivity index (χ3n) is 5.22. The summed E-state index contributed by atoms with van der Waals surface area (Å²) in [6.07, 6.45) is 8.14. The van der Waals surface area contributed by atoms with E-state index in [1.807, 2.05) is 13.8 Å². The lowest BCUT2D eigenvalue weighted by atomic mass is 9.92. The Labute approximate surface area is 157 Å². The van der Waals surface area contributed by atoms with Crippen LogP contribution in [0.1, 0.15) is 82.1 Å². The molecule has 1 aromatic carbocycles. The number of unbranched alkanes of at least 4 members (excludes halogenated alkanes) is 2. The maximum absolute atomic E-state index is 7.00. The molecular weight excluding hydrogens is 306 g/mol. The van der Waals surface area contributed by atoms with Gasteiger partial charge in [-0.2, -0.15) is 0 Å². The van der Waals surface area contributed by atoms with E-state index in [1.165, 1.54) is 69.3 Å². The highest BCUT2D eigenvalue weighted by atomic mass is 16.2. The summed E-state index contributed by atoms with van der Waals surface area (Å²) < 4.78 is 0. The Morgan fingerprint density at radius 2 is 1.60 bits per heavy atom. The van der Waals surface area contributed by atoms with Crippen LogP contribution in [0.5, 0.6) is 0 Å². The van der Waals surface area contributed by atoms with Crippen molar-refractivity contribution in [2.75, 3.05) is 20.2 Å². The van der Waals surface area contributed by atoms with E-state index in [9.17, 15) is 0 Å². The molecule has 1 aliphatic rings. The van der Waals surface area contributed by atoms with Crippen LogP contribution in [0.4, 0.5) is 0 Å². The Kier molecular flexibility index (Phi) is 13.8. The van der Waals surface area contributed by atoms with E-state index in [0.717, 1.165) is 13.0 Å². The number of aryl methyl sites for hydroxylation is 2. The zero-order chi connectivity index (χ0) is 19.2. The first-order valence-electron chi connectivity index (χ1n) is 10.4. The summed E-state index contributed by atoms with van der Waals surface area (Å²) >= 11 is 0. The zero-order valence-corrected chi connectivity index (χ0v) is 18.0. The van der Waals surface area contributed by atoms with Crippen molar-refractivity contribution in [3.63, 3.8) is 0 Å². The predicted molar refractivity (Wildman–Crippen MR) is 112 cm³/mol. The Balaban J connectivity index is 0.00000134. The highest BCUT2D eigenvalue weighted by Crippen LogP contribution is 2.24. The van der Waals surface area contributed by atoms with Gasteiger partial charge in [-0.05, 0) is 54.9 Å². The molecule has 2 nitrogen and oxygen atoms in total. The van der Waals surface area contributed by atoms with Gasteiger partial charge in [0.1, 0.15) is 0 Å². The zero-order valence-electron chi connectivity index (χ0n) is 18.0. The van der Waals surface area contributed by atoms with Crippen molar-refractivity contribution in [3.05, 3.63) is 34.4 Å². The number of aliphatic hydroxyl groups is 1. The van der Waals surface area contributed by atoms with Gasteiger partial charge in [0.2, 0.25) is 0 Å². The third-order valence-corrected chi connectivity index (χ3v) is 5.22. The molecule has 0 aliphatic carbocycles. The van der Waals surface area contributed by atoms with Gasteiger partial charge in [-0.15, -0.1) is 0 Å². The average Bonchev–Trinajstić information content (AvgIpc) is 2.65. The van der Waals surface area contributed by atoms with Crippen molar-refractivity contribution < 1.29 is 5.11 Å². The third kappa shape index (κ3) is 8.37. The molecule has 2 rings (SSSR count). The van der Waals surface area contributed by atoms with Crippen molar-refractivity contribution >= 4 is 0 Å². The molecule has 2 heteroatoms. The molecular formula is C23H43NO. The van der Waals surface area contributed by atoms with Gasteiger partial charge < -0.3 is 5.11 Å². The molecule has 0 amide bonds. The number of aliphatic hydroxyl groups excluding tert-OH is 1. The Hall–Kier alpha value is -0.860. The maximum Gasteiger partial charge on any atom is 0.0319 e. The molecule has 1 unspecified atom stereocenters. The highest BCUT2D eigenvalue weighted by molar-refractivity contribution is 5.38. The van der Waals surface area contributed by atoms with Crippen LogP contribution in [0.15, 0.2) is 12.1 Å². The van der Waals surface area contributed by atoms with Crippen molar-refractivity contribution in [3.8, 4) is 0 Å². The van der Waals surface area contributed by atoms with E-state index in [1.54, 1.807) is 11.1 Å². The Morgan fingerprint density at radius 3 is 2.16 bits per heavy atom. The molecule has 0 saturated carbocycles. The molecule has 1 aromatic rings. The van der Waals surface area contributed by atoms with Crippen LogP contribution in [0.3, 0.4) is 0 Å². The lowest BCUT2D eigenvalue weighted by molar-refractivity contribution is 0.202. The lowest BCUT2D eigenvalue weighted by Crippen LogP contribution is -2.34. The number of hydrogen-bond donors (Lipinski definition) is 1. The maximum atomic E-state index is 7.00. The van der Waals surface area contributed by atoms with Crippen LogP contribution in [-0.4, -0.2) is 30.2 Å². The second-order valence-corrected chi connectivity index (χ2v) is 6.96. The number of rotatable bonds is 7. The van der Waals surface area contributed by atoms with Crippen LogP contribution >= 0.6 is 0 Å². The fraction of sp³-hybridized carbons (Fsp3) is 0.739. The first-order valence-corrected chi connectivity index (χ1v) is 10.4. The minimum absolute atomic E-state index is 0.893. The van der Waals surface area contributed by atoms with Gasteiger partial charge in [-0.25, -0.2) is 0 Å². The predicted octanol–water partition coefficient (Wildman–Crippen LogP) is 5.90. The monoisotopic (exact) mass is 349 g/mol. The molecule has 1 atom stereocenters. The van der Waals surface area contributed by atoms with Gasteiger partial charge in [0.25, 0.3) is 0 Å². The number of hydrogen-bond acceptors (Lipinski definition) is 2. The molecule has 1 heterocycles. The van der Waals surface area contributed by atoms with Crippen molar-refractivity contribution in [2.24, 2.45) is 5.92 Å². The van der Waals surface area contributed by atoms with Crippen LogP contribution in [-0.2, 0) is 13.0 Å². The van der Waals surface area contributed by atoms with Crippen LogP contribution in [0.25, 0.3) is 0 Å². The minimum Gasteiger partial charge on any atom is -0.400 e. The Morgan fingerprint density at radius 1 is 1.00 bits per heavy atom. The van der Waals surface area contributed by atoms with Gasteiger partial charge in [-0.1, -0.05) is 65.5 Å². The molecule has 25 heavy (non-hydrogen) atoms. The van der Waals surface area contributed by atoms with E-state index >= 15 is 0 Å². The topological polar surface area (TPSA) is 23.5 Å². The van der Waals surface area contributed by atoms with Crippen molar-refractivity contribution in [2.45, 2.75) is 86.6 Å². The fourth-order valence-electron chi connectivity index (χ4n) is 3.54. The number of fused-ring (bicyclic) bond motifs is 1. The second-order valence-electron chi connectivity index (χ2n) is 6.96. The Bertz CT molecular complexity index is 456. The molecule has 0 fully saturated rings. The quantitative estimate of drug-likeness (QED) is 0.619. The summed E-state index contributed by atoms with van der Waals surface area (Å²) in [4.78, 5) is 2.69. The summed E-state index contributed by atoms with van der Waals surface area (Å²) in [6, 6.07) is 4.84. The molecule has 1 aliphatic heterocycles. The van der Waals surface area contributed by atoms with Crippen LogP contribution in [0.2, 0.25) is 0 Å². The van der Waals surface area contributed by atoms with Gasteiger partial charge in [-0.3, -0.25) is 4.90 Å². The minimum atomic E-state index is 0.893. The van der Waals surface area contributed by atoms with E-state index in [2.05, 4.69) is 44.7 Å². The molecule has 0 aromatic heterocycles.